The Morgan fingerprint density at radius 1 is 1.59 bits per heavy atom. The van der Waals surface area contributed by atoms with E-state index in [9.17, 15) is 9.90 Å². The molecule has 1 atom stereocenters. The lowest BCUT2D eigenvalue weighted by Gasteiger charge is -2.15. The van der Waals surface area contributed by atoms with Gasteiger partial charge in [0.15, 0.2) is 0 Å². The van der Waals surface area contributed by atoms with E-state index in [0.717, 1.165) is 12.0 Å². The molecule has 1 saturated carbocycles. The lowest BCUT2D eigenvalue weighted by Crippen LogP contribution is -2.18. The minimum absolute atomic E-state index is 0.0937. The van der Waals surface area contributed by atoms with Gasteiger partial charge in [0.05, 0.1) is 13.7 Å². The minimum atomic E-state index is -0.342. The number of aliphatic hydroxyl groups is 1. The molecule has 0 bridgehead atoms. The number of esters is 1. The normalized spacial score (nSPS) is 25.7. The lowest BCUT2D eigenvalue weighted by atomic mass is 9.90. The third-order valence-electron chi connectivity index (χ3n) is 4.14. The molecule has 1 heterocycles. The fourth-order valence-electron chi connectivity index (χ4n) is 2.70. The van der Waals surface area contributed by atoms with Gasteiger partial charge in [0.2, 0.25) is 0 Å². The SMILES string of the molecule is COC(=O)c1cc(C2(CO)CC2(C)C)cn1C. The van der Waals surface area contributed by atoms with Gasteiger partial charge in [-0.3, -0.25) is 0 Å². The standard InChI is InChI=1S/C13H19NO3/c1-12(2)7-13(12,8-15)9-5-10(11(16)17-4)14(3)6-9/h5-6,15H,7-8H2,1-4H3. The lowest BCUT2D eigenvalue weighted by molar-refractivity contribution is 0.0590. The fourth-order valence-corrected chi connectivity index (χ4v) is 2.70. The minimum Gasteiger partial charge on any atom is -0.464 e. The van der Waals surface area contributed by atoms with Crippen molar-refractivity contribution in [3.05, 3.63) is 23.5 Å². The van der Waals surface area contributed by atoms with E-state index in [-0.39, 0.29) is 23.4 Å². The van der Waals surface area contributed by atoms with Crippen LogP contribution >= 0.6 is 0 Å². The molecular formula is C13H19NO3. The predicted molar refractivity (Wildman–Crippen MR) is 63.9 cm³/mol. The Hall–Kier alpha value is -1.29. The number of hydrogen-bond donors (Lipinski definition) is 1. The maximum absolute atomic E-state index is 11.5. The zero-order valence-corrected chi connectivity index (χ0v) is 10.8. The summed E-state index contributed by atoms with van der Waals surface area (Å²) in [6.07, 6.45) is 2.86. The Kier molecular flexibility index (Phi) is 2.58. The Morgan fingerprint density at radius 3 is 2.59 bits per heavy atom. The molecule has 1 aliphatic carbocycles. The van der Waals surface area contributed by atoms with E-state index in [2.05, 4.69) is 13.8 Å². The third kappa shape index (κ3) is 1.59. The van der Waals surface area contributed by atoms with Crippen molar-refractivity contribution in [1.29, 1.82) is 0 Å². The van der Waals surface area contributed by atoms with E-state index in [0.29, 0.717) is 5.69 Å². The molecule has 0 aromatic carbocycles. The third-order valence-corrected chi connectivity index (χ3v) is 4.14. The Morgan fingerprint density at radius 2 is 2.18 bits per heavy atom. The number of methoxy groups -OCH3 is 1. The summed E-state index contributed by atoms with van der Waals surface area (Å²) >= 11 is 0. The van der Waals surface area contributed by atoms with Gasteiger partial charge in [0.1, 0.15) is 5.69 Å². The Labute approximate surface area is 101 Å². The number of carbonyl (C=O) groups excluding carboxylic acids is 1. The van der Waals surface area contributed by atoms with Crippen molar-refractivity contribution < 1.29 is 14.6 Å². The topological polar surface area (TPSA) is 51.5 Å². The summed E-state index contributed by atoms with van der Waals surface area (Å²) in [4.78, 5) is 11.5. The van der Waals surface area contributed by atoms with Crippen LogP contribution in [-0.4, -0.2) is 29.4 Å². The molecule has 94 valence electrons. The highest BCUT2D eigenvalue weighted by atomic mass is 16.5. The molecule has 4 nitrogen and oxygen atoms in total. The monoisotopic (exact) mass is 237 g/mol. The van der Waals surface area contributed by atoms with Crippen LogP contribution < -0.4 is 0 Å². The first-order valence-electron chi connectivity index (χ1n) is 5.74. The molecule has 1 N–H and O–H groups in total. The van der Waals surface area contributed by atoms with Crippen molar-refractivity contribution in [1.82, 2.24) is 4.57 Å². The molecule has 0 radical (unpaired) electrons. The zero-order valence-electron chi connectivity index (χ0n) is 10.8. The number of aliphatic hydroxyl groups excluding tert-OH is 1. The van der Waals surface area contributed by atoms with Gasteiger partial charge < -0.3 is 14.4 Å². The van der Waals surface area contributed by atoms with E-state index < -0.39 is 0 Å². The quantitative estimate of drug-likeness (QED) is 0.810. The summed E-state index contributed by atoms with van der Waals surface area (Å²) in [7, 11) is 3.19. The van der Waals surface area contributed by atoms with E-state index in [1.54, 1.807) is 4.57 Å². The van der Waals surface area contributed by atoms with Crippen LogP contribution in [0.4, 0.5) is 0 Å². The highest BCUT2D eigenvalue weighted by molar-refractivity contribution is 5.88. The number of ether oxygens (including phenoxy) is 1. The number of aryl methyl sites for hydroxylation is 1. The molecule has 1 aromatic rings. The molecule has 2 rings (SSSR count). The Balaban J connectivity index is 2.39. The summed E-state index contributed by atoms with van der Waals surface area (Å²) in [5.74, 6) is -0.342. The van der Waals surface area contributed by atoms with Gasteiger partial charge in [-0.25, -0.2) is 4.79 Å². The molecule has 0 spiro atoms. The van der Waals surface area contributed by atoms with E-state index in [1.807, 2.05) is 19.3 Å². The maximum atomic E-state index is 11.5. The van der Waals surface area contributed by atoms with Crippen molar-refractivity contribution >= 4 is 5.97 Å². The first-order valence-corrected chi connectivity index (χ1v) is 5.74. The maximum Gasteiger partial charge on any atom is 0.354 e. The summed E-state index contributed by atoms with van der Waals surface area (Å²) in [6, 6.07) is 1.83. The average molecular weight is 237 g/mol. The van der Waals surface area contributed by atoms with Crippen molar-refractivity contribution in [3.63, 3.8) is 0 Å². The van der Waals surface area contributed by atoms with E-state index >= 15 is 0 Å². The van der Waals surface area contributed by atoms with Crippen LogP contribution in [-0.2, 0) is 17.2 Å². The molecule has 1 aliphatic rings. The van der Waals surface area contributed by atoms with Crippen LogP contribution in [0.2, 0.25) is 0 Å². The van der Waals surface area contributed by atoms with Gasteiger partial charge in [-0.2, -0.15) is 0 Å². The molecular weight excluding hydrogens is 218 g/mol. The number of aromatic nitrogens is 1. The van der Waals surface area contributed by atoms with Crippen LogP contribution in [0.15, 0.2) is 12.3 Å². The fraction of sp³-hybridized carbons (Fsp3) is 0.615. The molecule has 1 fully saturated rings. The van der Waals surface area contributed by atoms with Crippen LogP contribution in [0.5, 0.6) is 0 Å². The number of hydrogen-bond acceptors (Lipinski definition) is 3. The van der Waals surface area contributed by atoms with Gasteiger partial charge in [0.25, 0.3) is 0 Å². The number of nitrogens with zero attached hydrogens (tertiary/aromatic N) is 1. The van der Waals surface area contributed by atoms with Crippen LogP contribution in [0.1, 0.15) is 36.3 Å². The smallest absolute Gasteiger partial charge is 0.354 e. The van der Waals surface area contributed by atoms with Crippen molar-refractivity contribution in [2.45, 2.75) is 25.7 Å². The van der Waals surface area contributed by atoms with Gasteiger partial charge in [-0.1, -0.05) is 13.8 Å². The van der Waals surface area contributed by atoms with Gasteiger partial charge in [0, 0.05) is 18.7 Å². The summed E-state index contributed by atoms with van der Waals surface area (Å²) in [5, 5.41) is 9.62. The molecule has 1 unspecified atom stereocenters. The average Bonchev–Trinajstić information content (AvgIpc) is 2.65. The molecule has 1 aromatic heterocycles. The van der Waals surface area contributed by atoms with Gasteiger partial charge in [-0.15, -0.1) is 0 Å². The van der Waals surface area contributed by atoms with E-state index in [1.165, 1.54) is 7.11 Å². The first-order chi connectivity index (χ1) is 7.88. The van der Waals surface area contributed by atoms with Crippen LogP contribution in [0.3, 0.4) is 0 Å². The van der Waals surface area contributed by atoms with Gasteiger partial charge in [-0.05, 0) is 23.5 Å². The number of rotatable bonds is 3. The largest absolute Gasteiger partial charge is 0.464 e. The number of carbonyl (C=O) groups is 1. The molecule has 0 aliphatic heterocycles. The molecule has 4 heteroatoms. The second kappa shape index (κ2) is 3.60. The van der Waals surface area contributed by atoms with Gasteiger partial charge >= 0.3 is 5.97 Å². The highest BCUT2D eigenvalue weighted by Gasteiger charge is 2.62. The van der Waals surface area contributed by atoms with Crippen molar-refractivity contribution in [3.8, 4) is 0 Å². The molecule has 0 saturated heterocycles. The van der Waals surface area contributed by atoms with Crippen molar-refractivity contribution in [2.24, 2.45) is 12.5 Å². The predicted octanol–water partition coefficient (Wildman–Crippen LogP) is 1.47. The van der Waals surface area contributed by atoms with E-state index in [4.69, 9.17) is 4.74 Å². The van der Waals surface area contributed by atoms with Crippen molar-refractivity contribution in [2.75, 3.05) is 13.7 Å². The second-order valence-corrected chi connectivity index (χ2v) is 5.52. The zero-order chi connectivity index (χ0) is 12.8. The first kappa shape index (κ1) is 12.2. The second-order valence-electron chi connectivity index (χ2n) is 5.52. The summed E-state index contributed by atoms with van der Waals surface area (Å²) < 4.78 is 6.48. The summed E-state index contributed by atoms with van der Waals surface area (Å²) in [6.45, 7) is 4.38. The van der Waals surface area contributed by atoms with Crippen LogP contribution in [0, 0.1) is 5.41 Å². The molecule has 0 amide bonds. The summed E-state index contributed by atoms with van der Waals surface area (Å²) in [5.41, 5.74) is 1.44. The highest BCUT2D eigenvalue weighted by Crippen LogP contribution is 2.64. The Bertz CT molecular complexity index is 461. The molecule has 17 heavy (non-hydrogen) atoms. The van der Waals surface area contributed by atoms with Crippen LogP contribution in [0.25, 0.3) is 0 Å².